The zero-order chi connectivity index (χ0) is 35.6. The smallest absolute Gasteiger partial charge is 0.0821 e. The van der Waals surface area contributed by atoms with Gasteiger partial charge in [-0.15, -0.1) is 0 Å². The fourth-order valence-corrected chi connectivity index (χ4v) is 8.97. The molecule has 0 saturated carbocycles. The summed E-state index contributed by atoms with van der Waals surface area (Å²) in [5, 5.41) is 28.5. The third-order valence-electron chi connectivity index (χ3n) is 11.5. The van der Waals surface area contributed by atoms with Crippen LogP contribution in [0.2, 0.25) is 0 Å². The second-order valence-corrected chi connectivity index (χ2v) is 14.5. The van der Waals surface area contributed by atoms with Crippen LogP contribution in [0.1, 0.15) is 35.2 Å². The van der Waals surface area contributed by atoms with Crippen molar-refractivity contribution in [2.75, 3.05) is 0 Å². The number of hydrogen-bond acceptors (Lipinski definition) is 2. The molecule has 11 rings (SSSR count). The topological polar surface area (TPSA) is 38.2 Å². The Bertz CT molecular complexity index is 2960. The number of hydrogen-bond donors (Lipinski definition) is 2. The third-order valence-corrected chi connectivity index (χ3v) is 11.5. The van der Waals surface area contributed by atoms with Gasteiger partial charge < -0.3 is 16.0 Å². The maximum absolute atomic E-state index is 5.46. The molecule has 0 aliphatic carbocycles. The summed E-state index contributed by atoms with van der Waals surface area (Å²) in [5.74, 6) is 0. The Labute approximate surface area is 313 Å². The fourth-order valence-electron chi connectivity index (χ4n) is 8.97. The molecule has 1 fully saturated rings. The summed E-state index contributed by atoms with van der Waals surface area (Å²) in [6.07, 6.45) is -0.551. The van der Waals surface area contributed by atoms with Crippen molar-refractivity contribution in [1.29, 1.82) is 0 Å². The van der Waals surface area contributed by atoms with Crippen LogP contribution in [-0.4, -0.2) is 0 Å². The molecule has 2 N–H and O–H groups in total. The highest BCUT2D eigenvalue weighted by atomic mass is 15.4. The largest absolute Gasteiger partial charge is 0.624 e. The SMILES string of the molecule is c1ccc2c(C3[N-]C(c4ccc(-c5cc6c7ccccc7c7ccccc7c6c6ccccc56)cc4)NC(c4cccc5ccccc45)N3)cccc2c1. The molecule has 0 radical (unpaired) electrons. The van der Waals surface area contributed by atoms with Crippen LogP contribution in [0.4, 0.5) is 0 Å². The monoisotopic (exact) mass is 690 g/mol. The molecule has 1 aliphatic heterocycles. The minimum atomic E-state index is -0.225. The Morgan fingerprint density at radius 1 is 0.352 bits per heavy atom. The molecule has 0 amide bonds. The summed E-state index contributed by atoms with van der Waals surface area (Å²) < 4.78 is 0. The molecule has 3 atom stereocenters. The van der Waals surface area contributed by atoms with Gasteiger partial charge >= 0.3 is 0 Å². The molecule has 3 heteroatoms. The fraction of sp³-hybridized carbons (Fsp3) is 0.0588. The summed E-state index contributed by atoms with van der Waals surface area (Å²) in [7, 11) is 0. The molecule has 0 aromatic heterocycles. The zero-order valence-electron chi connectivity index (χ0n) is 29.6. The Kier molecular flexibility index (Phi) is 7.31. The lowest BCUT2D eigenvalue weighted by Crippen LogP contribution is -2.44. The first-order chi connectivity index (χ1) is 26.8. The van der Waals surface area contributed by atoms with Gasteiger partial charge in [0, 0.05) is 0 Å². The molecular weight excluding hydrogens is 655 g/mol. The van der Waals surface area contributed by atoms with Crippen molar-refractivity contribution in [3.8, 4) is 11.1 Å². The molecule has 0 bridgehead atoms. The summed E-state index contributed by atoms with van der Waals surface area (Å²) in [6, 6.07) is 68.4. The molecular formula is C51H36N3-. The van der Waals surface area contributed by atoms with E-state index in [1.54, 1.807) is 0 Å². The summed E-state index contributed by atoms with van der Waals surface area (Å²) in [6.45, 7) is 0. The maximum atomic E-state index is 5.46. The molecule has 3 nitrogen and oxygen atoms in total. The van der Waals surface area contributed by atoms with Crippen molar-refractivity contribution in [2.24, 2.45) is 0 Å². The lowest BCUT2D eigenvalue weighted by atomic mass is 9.87. The Morgan fingerprint density at radius 2 is 0.815 bits per heavy atom. The van der Waals surface area contributed by atoms with Crippen molar-refractivity contribution < 1.29 is 0 Å². The first-order valence-corrected chi connectivity index (χ1v) is 18.8. The van der Waals surface area contributed by atoms with Gasteiger partial charge in [0.2, 0.25) is 0 Å². The molecule has 54 heavy (non-hydrogen) atoms. The van der Waals surface area contributed by atoms with E-state index in [-0.39, 0.29) is 18.5 Å². The van der Waals surface area contributed by atoms with Crippen LogP contribution < -0.4 is 10.6 Å². The van der Waals surface area contributed by atoms with Gasteiger partial charge in [-0.3, -0.25) is 0 Å². The van der Waals surface area contributed by atoms with E-state index in [4.69, 9.17) is 5.32 Å². The van der Waals surface area contributed by atoms with Crippen LogP contribution in [0.3, 0.4) is 0 Å². The van der Waals surface area contributed by atoms with Crippen LogP contribution in [-0.2, 0) is 0 Å². The lowest BCUT2D eigenvalue weighted by Gasteiger charge is -2.50. The minimum Gasteiger partial charge on any atom is -0.624 e. The van der Waals surface area contributed by atoms with Crippen LogP contribution in [0, 0.1) is 0 Å². The van der Waals surface area contributed by atoms with E-state index in [0.717, 1.165) is 5.56 Å². The summed E-state index contributed by atoms with van der Waals surface area (Å²) in [5.41, 5.74) is 5.97. The number of benzene rings is 10. The van der Waals surface area contributed by atoms with E-state index in [0.29, 0.717) is 0 Å². The number of nitrogens with zero attached hydrogens (tertiary/aromatic N) is 1. The molecule has 0 spiro atoms. The molecule has 1 saturated heterocycles. The van der Waals surface area contributed by atoms with Crippen molar-refractivity contribution >= 4 is 64.6 Å². The van der Waals surface area contributed by atoms with Crippen molar-refractivity contribution in [3.63, 3.8) is 0 Å². The normalized spacial score (nSPS) is 17.6. The molecule has 1 aliphatic rings. The van der Waals surface area contributed by atoms with Crippen molar-refractivity contribution in [3.05, 3.63) is 210 Å². The summed E-state index contributed by atoms with van der Waals surface area (Å²) in [4.78, 5) is 0. The molecule has 10 aromatic carbocycles. The van der Waals surface area contributed by atoms with Crippen molar-refractivity contribution in [1.82, 2.24) is 10.6 Å². The first-order valence-electron chi connectivity index (χ1n) is 18.8. The molecule has 10 aromatic rings. The first kappa shape index (κ1) is 31.2. The minimum absolute atomic E-state index is 0.116. The number of nitrogens with one attached hydrogen (secondary N) is 2. The van der Waals surface area contributed by atoms with E-state index < -0.39 is 0 Å². The average molecular weight is 691 g/mol. The standard InChI is InChI=1S/C51H36N3/c1-3-17-36-32(13-1)15-11-25-44(36)50-52-49(53-51(54-50)45-26-12-16-33-14-2-4-18-37(33)45)35-29-27-34(28-30-35)46-31-47-40-21-6-5-19-38(40)39-20-7-9-23-42(39)48(47)43-24-10-8-22-41(43)46/h1-31,49-52,54H/q-1. The van der Waals surface area contributed by atoms with E-state index >= 15 is 0 Å². The van der Waals surface area contributed by atoms with Crippen LogP contribution in [0.25, 0.3) is 81.1 Å². The van der Waals surface area contributed by atoms with Gasteiger partial charge in [0.1, 0.15) is 0 Å². The van der Waals surface area contributed by atoms with E-state index in [9.17, 15) is 0 Å². The Morgan fingerprint density at radius 3 is 1.48 bits per heavy atom. The summed E-state index contributed by atoms with van der Waals surface area (Å²) >= 11 is 0. The van der Waals surface area contributed by atoms with Gasteiger partial charge in [0.25, 0.3) is 0 Å². The third kappa shape index (κ3) is 5.02. The Hall–Kier alpha value is -6.36. The second kappa shape index (κ2) is 12.6. The van der Waals surface area contributed by atoms with Crippen LogP contribution in [0.15, 0.2) is 188 Å². The van der Waals surface area contributed by atoms with Crippen LogP contribution >= 0.6 is 0 Å². The van der Waals surface area contributed by atoms with Gasteiger partial charge in [-0.2, -0.15) is 0 Å². The molecule has 1 heterocycles. The highest BCUT2D eigenvalue weighted by molar-refractivity contribution is 6.33. The molecule has 3 unspecified atom stereocenters. The average Bonchev–Trinajstić information content (AvgIpc) is 3.25. The van der Waals surface area contributed by atoms with Gasteiger partial charge in [0.15, 0.2) is 0 Å². The van der Waals surface area contributed by atoms with Gasteiger partial charge in [-0.1, -0.05) is 200 Å². The zero-order valence-corrected chi connectivity index (χ0v) is 29.6. The lowest BCUT2D eigenvalue weighted by molar-refractivity contribution is 0.318. The highest BCUT2D eigenvalue weighted by Crippen LogP contribution is 2.44. The van der Waals surface area contributed by atoms with E-state index in [1.165, 1.54) is 86.9 Å². The highest BCUT2D eigenvalue weighted by Gasteiger charge is 2.24. The number of fused-ring (bicyclic) bond motifs is 10. The van der Waals surface area contributed by atoms with E-state index in [2.05, 4.69) is 199 Å². The van der Waals surface area contributed by atoms with Gasteiger partial charge in [-0.25, -0.2) is 0 Å². The Balaban J connectivity index is 1.04. The van der Waals surface area contributed by atoms with Gasteiger partial charge in [-0.05, 0) is 93.0 Å². The molecule has 256 valence electrons. The number of rotatable bonds is 4. The van der Waals surface area contributed by atoms with E-state index in [1.807, 2.05) is 0 Å². The quantitative estimate of drug-likeness (QED) is 0.180. The second-order valence-electron chi connectivity index (χ2n) is 14.5. The van der Waals surface area contributed by atoms with Crippen molar-refractivity contribution in [2.45, 2.75) is 18.5 Å². The van der Waals surface area contributed by atoms with Gasteiger partial charge in [0.05, 0.1) is 6.17 Å². The predicted molar refractivity (Wildman–Crippen MR) is 228 cm³/mol. The maximum Gasteiger partial charge on any atom is 0.0821 e. The predicted octanol–water partition coefficient (Wildman–Crippen LogP) is 13.2. The van der Waals surface area contributed by atoms with Crippen LogP contribution in [0.5, 0.6) is 0 Å².